The Bertz CT molecular complexity index is 887. The number of benzene rings is 1. The molecule has 4 nitrogen and oxygen atoms in total. The molecule has 0 radical (unpaired) electrons. The number of carbonyl (C=O) groups is 1. The van der Waals surface area contributed by atoms with Crippen LogP contribution in [0.5, 0.6) is 0 Å². The second-order valence-electron chi connectivity index (χ2n) is 5.47. The molecule has 1 N–H and O–H groups in total. The van der Waals surface area contributed by atoms with Crippen LogP contribution in [0.15, 0.2) is 65.2 Å². The van der Waals surface area contributed by atoms with Crippen LogP contribution in [0.3, 0.4) is 0 Å². The Hall–Kier alpha value is -3.08. The third-order valence-corrected chi connectivity index (χ3v) is 3.67. The van der Waals surface area contributed by atoms with Crippen molar-refractivity contribution in [1.82, 2.24) is 4.57 Å². The van der Waals surface area contributed by atoms with Crippen molar-refractivity contribution in [3.05, 3.63) is 89.4 Å². The highest BCUT2D eigenvalue weighted by Gasteiger charge is 2.12. The third-order valence-electron chi connectivity index (χ3n) is 3.67. The molecule has 3 aromatic rings. The zero-order chi connectivity index (χ0) is 17.1. The average molecular weight is 325 g/mol. The van der Waals surface area contributed by atoms with Crippen LogP contribution >= 0.6 is 0 Å². The predicted molar refractivity (Wildman–Crippen MR) is 88.3 cm³/mol. The van der Waals surface area contributed by atoms with Gasteiger partial charge in [0.15, 0.2) is 5.76 Å². The molecule has 0 aliphatic carbocycles. The Balaban J connectivity index is 1.74. The summed E-state index contributed by atoms with van der Waals surface area (Å²) in [6.45, 7) is 0. The number of rotatable bonds is 5. The van der Waals surface area contributed by atoms with Gasteiger partial charge in [0.25, 0.3) is 0 Å². The van der Waals surface area contributed by atoms with E-state index in [1.54, 1.807) is 54.2 Å². The van der Waals surface area contributed by atoms with Crippen LogP contribution in [-0.4, -0.2) is 15.5 Å². The number of carbonyl (C=O) groups excluding carboxylic acids is 1. The smallest absolute Gasteiger partial charge is 0.224 e. The van der Waals surface area contributed by atoms with Gasteiger partial charge in [-0.3, -0.25) is 4.79 Å². The number of aromatic nitrogens is 1. The minimum atomic E-state index is -0.418. The molecule has 0 amide bonds. The third kappa shape index (κ3) is 3.46. The molecular weight excluding hydrogens is 309 g/mol. The lowest BCUT2D eigenvalue weighted by Crippen LogP contribution is -1.98. The normalized spacial score (nSPS) is 11.7. The molecule has 0 aliphatic rings. The van der Waals surface area contributed by atoms with Gasteiger partial charge < -0.3 is 14.1 Å². The van der Waals surface area contributed by atoms with Gasteiger partial charge in [0.05, 0.1) is 5.69 Å². The van der Waals surface area contributed by atoms with Crippen LogP contribution in [0, 0.1) is 5.82 Å². The molecule has 24 heavy (non-hydrogen) atoms. The summed E-state index contributed by atoms with van der Waals surface area (Å²) in [6, 6.07) is 12.8. The summed E-state index contributed by atoms with van der Waals surface area (Å²) in [5, 5.41) is 10.0. The van der Waals surface area contributed by atoms with Crippen molar-refractivity contribution in [2.24, 2.45) is 7.05 Å². The largest absolute Gasteiger partial charge is 0.506 e. The van der Waals surface area contributed by atoms with Crippen molar-refractivity contribution >= 4 is 11.5 Å². The highest BCUT2D eigenvalue weighted by Crippen LogP contribution is 2.17. The maximum absolute atomic E-state index is 12.9. The number of aliphatic hydroxyl groups is 1. The maximum atomic E-state index is 12.9. The molecule has 3 rings (SSSR count). The van der Waals surface area contributed by atoms with Crippen LogP contribution in [-0.2, 0) is 13.5 Å². The lowest BCUT2D eigenvalue weighted by Gasteiger charge is -2.01. The van der Waals surface area contributed by atoms with Gasteiger partial charge in [-0.25, -0.2) is 4.39 Å². The maximum Gasteiger partial charge on any atom is 0.224 e. The van der Waals surface area contributed by atoms with Crippen molar-refractivity contribution in [1.29, 1.82) is 0 Å². The Morgan fingerprint density at radius 2 is 1.96 bits per heavy atom. The summed E-state index contributed by atoms with van der Waals surface area (Å²) in [7, 11) is 1.78. The van der Waals surface area contributed by atoms with E-state index in [1.807, 2.05) is 0 Å². The molecule has 0 aliphatic heterocycles. The zero-order valence-corrected chi connectivity index (χ0v) is 13.1. The van der Waals surface area contributed by atoms with E-state index in [0.717, 1.165) is 11.6 Å². The number of allylic oxidation sites excluding steroid dienone is 1. The van der Waals surface area contributed by atoms with Gasteiger partial charge in [-0.1, -0.05) is 12.1 Å². The first-order valence-corrected chi connectivity index (χ1v) is 7.43. The van der Waals surface area contributed by atoms with Gasteiger partial charge in [-0.05, 0) is 42.0 Å². The fourth-order valence-corrected chi connectivity index (χ4v) is 2.41. The highest BCUT2D eigenvalue weighted by atomic mass is 19.1. The summed E-state index contributed by atoms with van der Waals surface area (Å²) in [5.41, 5.74) is 1.42. The topological polar surface area (TPSA) is 55.4 Å². The van der Waals surface area contributed by atoms with Crippen LogP contribution in [0.25, 0.3) is 5.76 Å². The SMILES string of the molecule is Cn1cccc1C(O)=CC(=O)c1ccc(Cc2ccc(F)cc2)o1. The molecule has 0 atom stereocenters. The van der Waals surface area contributed by atoms with Crippen LogP contribution in [0.2, 0.25) is 0 Å². The van der Waals surface area contributed by atoms with Gasteiger partial charge in [-0.2, -0.15) is 0 Å². The van der Waals surface area contributed by atoms with Crippen molar-refractivity contribution in [3.8, 4) is 0 Å². The standard InChI is InChI=1S/C19H16FNO3/c1-21-10-2-3-16(21)17(22)12-18(23)19-9-8-15(24-19)11-13-4-6-14(20)7-5-13/h2-10,12,22H,11H2,1H3. The number of aliphatic hydroxyl groups excluding tert-OH is 1. The molecule has 2 aromatic heterocycles. The molecule has 0 fully saturated rings. The summed E-state index contributed by atoms with van der Waals surface area (Å²) < 4.78 is 20.1. The van der Waals surface area contributed by atoms with E-state index < -0.39 is 5.78 Å². The molecule has 5 heteroatoms. The van der Waals surface area contributed by atoms with E-state index in [2.05, 4.69) is 0 Å². The second-order valence-corrected chi connectivity index (χ2v) is 5.47. The number of ketones is 1. The van der Waals surface area contributed by atoms with Gasteiger partial charge in [0, 0.05) is 25.7 Å². The first kappa shape index (κ1) is 15.8. The van der Waals surface area contributed by atoms with Gasteiger partial charge >= 0.3 is 0 Å². The Kier molecular flexibility index (Phi) is 4.33. The summed E-state index contributed by atoms with van der Waals surface area (Å²) in [6.07, 6.45) is 3.37. The Morgan fingerprint density at radius 1 is 1.21 bits per heavy atom. The lowest BCUT2D eigenvalue weighted by atomic mass is 10.1. The molecule has 0 unspecified atom stereocenters. The zero-order valence-electron chi connectivity index (χ0n) is 13.1. The van der Waals surface area contributed by atoms with Gasteiger partial charge in [0.2, 0.25) is 5.78 Å². The molecule has 0 saturated carbocycles. The summed E-state index contributed by atoms with van der Waals surface area (Å²) >= 11 is 0. The van der Waals surface area contributed by atoms with E-state index in [9.17, 15) is 14.3 Å². The van der Waals surface area contributed by atoms with E-state index in [0.29, 0.717) is 17.9 Å². The molecule has 122 valence electrons. The fourth-order valence-electron chi connectivity index (χ4n) is 2.41. The van der Waals surface area contributed by atoms with E-state index in [4.69, 9.17) is 4.42 Å². The lowest BCUT2D eigenvalue weighted by molar-refractivity contribution is 0.101. The first-order chi connectivity index (χ1) is 11.5. The first-order valence-electron chi connectivity index (χ1n) is 7.43. The van der Waals surface area contributed by atoms with Crippen molar-refractivity contribution < 1.29 is 18.7 Å². The van der Waals surface area contributed by atoms with E-state index >= 15 is 0 Å². The van der Waals surface area contributed by atoms with Crippen LogP contribution in [0.1, 0.15) is 27.6 Å². The molecule has 2 heterocycles. The van der Waals surface area contributed by atoms with Gasteiger partial charge in [-0.15, -0.1) is 0 Å². The predicted octanol–water partition coefficient (Wildman–Crippen LogP) is 4.13. The monoisotopic (exact) mass is 325 g/mol. The number of hydrogen-bond donors (Lipinski definition) is 1. The summed E-state index contributed by atoms with van der Waals surface area (Å²) in [4.78, 5) is 12.2. The van der Waals surface area contributed by atoms with Crippen LogP contribution in [0.4, 0.5) is 4.39 Å². The number of halogens is 1. The molecular formula is C19H16FNO3. The van der Waals surface area contributed by atoms with Gasteiger partial charge in [0.1, 0.15) is 17.3 Å². The van der Waals surface area contributed by atoms with E-state index in [1.165, 1.54) is 12.1 Å². The fraction of sp³-hybridized carbons (Fsp3) is 0.105. The summed E-state index contributed by atoms with van der Waals surface area (Å²) in [5.74, 6) is -0.0945. The molecule has 1 aromatic carbocycles. The number of furan rings is 1. The van der Waals surface area contributed by atoms with E-state index in [-0.39, 0.29) is 17.3 Å². The van der Waals surface area contributed by atoms with Crippen LogP contribution < -0.4 is 0 Å². The average Bonchev–Trinajstić information content (AvgIpc) is 3.18. The van der Waals surface area contributed by atoms with Crippen molar-refractivity contribution in [2.75, 3.05) is 0 Å². The Labute approximate surface area is 138 Å². The number of aryl methyl sites for hydroxylation is 1. The van der Waals surface area contributed by atoms with Crippen molar-refractivity contribution in [2.45, 2.75) is 6.42 Å². The second kappa shape index (κ2) is 6.58. The number of hydrogen-bond acceptors (Lipinski definition) is 3. The van der Waals surface area contributed by atoms with Crippen molar-refractivity contribution in [3.63, 3.8) is 0 Å². The number of nitrogens with zero attached hydrogens (tertiary/aromatic N) is 1. The molecule has 0 bridgehead atoms. The highest BCUT2D eigenvalue weighted by molar-refractivity contribution is 6.05. The minimum Gasteiger partial charge on any atom is -0.506 e. The Morgan fingerprint density at radius 3 is 2.62 bits per heavy atom. The molecule has 0 spiro atoms. The quantitative estimate of drug-likeness (QED) is 0.436. The molecule has 0 saturated heterocycles. The minimum absolute atomic E-state index is 0.121.